The van der Waals surface area contributed by atoms with Crippen molar-refractivity contribution in [2.24, 2.45) is 0 Å². The van der Waals surface area contributed by atoms with E-state index in [2.05, 4.69) is 16.5 Å². The second kappa shape index (κ2) is 7.64. The number of rotatable bonds is 5. The first-order valence-corrected chi connectivity index (χ1v) is 9.15. The van der Waals surface area contributed by atoms with Gasteiger partial charge in [0.1, 0.15) is 5.82 Å². The van der Waals surface area contributed by atoms with Gasteiger partial charge in [0, 0.05) is 24.8 Å². The summed E-state index contributed by atoms with van der Waals surface area (Å²) in [6, 6.07) is 22.4. The molecule has 0 radical (unpaired) electrons. The van der Waals surface area contributed by atoms with Gasteiger partial charge in [-0.2, -0.15) is 5.10 Å². The minimum absolute atomic E-state index is 0.00374. The van der Waals surface area contributed by atoms with E-state index >= 15 is 0 Å². The lowest BCUT2D eigenvalue weighted by molar-refractivity contribution is -0.120. The lowest BCUT2D eigenvalue weighted by Crippen LogP contribution is -2.21. The van der Waals surface area contributed by atoms with Crippen LogP contribution in [0.2, 0.25) is 0 Å². The molecule has 4 aromatic rings. The molecule has 4 rings (SSSR count). The Balaban J connectivity index is 1.75. The van der Waals surface area contributed by atoms with Crippen molar-refractivity contribution >= 4 is 16.8 Å². The summed E-state index contributed by atoms with van der Waals surface area (Å²) >= 11 is 0. The maximum Gasteiger partial charge on any atom is 0.220 e. The Labute approximate surface area is 162 Å². The van der Waals surface area contributed by atoms with Crippen molar-refractivity contribution in [2.75, 3.05) is 7.05 Å². The molecule has 0 aliphatic rings. The highest BCUT2D eigenvalue weighted by atomic mass is 19.1. The predicted octanol–water partition coefficient (Wildman–Crippen LogP) is 4.43. The van der Waals surface area contributed by atoms with Gasteiger partial charge in [0.25, 0.3) is 0 Å². The topological polar surface area (TPSA) is 46.9 Å². The number of benzene rings is 3. The summed E-state index contributed by atoms with van der Waals surface area (Å²) in [4.78, 5) is 12.1. The van der Waals surface area contributed by atoms with Gasteiger partial charge in [-0.15, -0.1) is 0 Å². The monoisotopic (exact) mass is 373 g/mol. The molecule has 140 valence electrons. The standard InChI is InChI=1S/C23H20FN3O/c1-25-23(28)14-21(16-5-3-2-4-6-16)17-7-12-22-18(13-17)15-26-27(22)20-10-8-19(24)9-11-20/h2-13,15,21H,14H2,1H3,(H,25,28). The van der Waals surface area contributed by atoms with Crippen molar-refractivity contribution in [3.63, 3.8) is 0 Å². The van der Waals surface area contributed by atoms with E-state index in [1.165, 1.54) is 12.1 Å². The minimum atomic E-state index is -0.276. The summed E-state index contributed by atoms with van der Waals surface area (Å²) in [5, 5.41) is 8.15. The van der Waals surface area contributed by atoms with Crippen molar-refractivity contribution in [3.8, 4) is 5.69 Å². The smallest absolute Gasteiger partial charge is 0.220 e. The molecular weight excluding hydrogens is 353 g/mol. The Morgan fingerprint density at radius 3 is 2.50 bits per heavy atom. The van der Waals surface area contributed by atoms with E-state index in [0.29, 0.717) is 6.42 Å². The molecule has 0 aliphatic carbocycles. The summed E-state index contributed by atoms with van der Waals surface area (Å²) in [6.07, 6.45) is 2.17. The third-order valence-electron chi connectivity index (χ3n) is 4.94. The maximum atomic E-state index is 13.2. The normalized spacial score (nSPS) is 12.1. The molecule has 1 aromatic heterocycles. The first-order valence-electron chi connectivity index (χ1n) is 9.15. The predicted molar refractivity (Wildman–Crippen MR) is 108 cm³/mol. The highest BCUT2D eigenvalue weighted by Gasteiger charge is 2.18. The average Bonchev–Trinajstić information content (AvgIpc) is 3.16. The fourth-order valence-electron chi connectivity index (χ4n) is 3.46. The Kier molecular flexibility index (Phi) is 4.89. The third kappa shape index (κ3) is 3.51. The average molecular weight is 373 g/mol. The maximum absolute atomic E-state index is 13.2. The van der Waals surface area contributed by atoms with Crippen molar-refractivity contribution in [1.82, 2.24) is 15.1 Å². The molecule has 0 bridgehead atoms. The van der Waals surface area contributed by atoms with Gasteiger partial charge >= 0.3 is 0 Å². The second-order valence-electron chi connectivity index (χ2n) is 6.69. The van der Waals surface area contributed by atoms with Crippen molar-refractivity contribution in [3.05, 3.63) is 95.9 Å². The van der Waals surface area contributed by atoms with Gasteiger partial charge in [0.15, 0.2) is 0 Å². The van der Waals surface area contributed by atoms with Gasteiger partial charge in [0.05, 0.1) is 17.4 Å². The van der Waals surface area contributed by atoms with Crippen LogP contribution in [0.3, 0.4) is 0 Å². The molecule has 0 saturated heterocycles. The Morgan fingerprint density at radius 2 is 1.79 bits per heavy atom. The highest BCUT2D eigenvalue weighted by Crippen LogP contribution is 2.31. The molecule has 1 N–H and O–H groups in total. The molecule has 0 aliphatic heterocycles. The highest BCUT2D eigenvalue weighted by molar-refractivity contribution is 5.82. The van der Waals surface area contributed by atoms with Crippen molar-refractivity contribution < 1.29 is 9.18 Å². The SMILES string of the molecule is CNC(=O)CC(c1ccccc1)c1ccc2c(cnn2-c2ccc(F)cc2)c1. The number of aromatic nitrogens is 2. The van der Waals surface area contributed by atoms with Gasteiger partial charge in [-0.25, -0.2) is 9.07 Å². The van der Waals surface area contributed by atoms with Crippen molar-refractivity contribution in [2.45, 2.75) is 12.3 Å². The van der Waals surface area contributed by atoms with Crippen LogP contribution in [0.15, 0.2) is 79.0 Å². The molecule has 1 atom stereocenters. The van der Waals surface area contributed by atoms with Crippen LogP contribution in [0.4, 0.5) is 4.39 Å². The van der Waals surface area contributed by atoms with Crippen LogP contribution in [0.25, 0.3) is 16.6 Å². The van der Waals surface area contributed by atoms with E-state index < -0.39 is 0 Å². The van der Waals surface area contributed by atoms with Crippen LogP contribution in [-0.2, 0) is 4.79 Å². The lowest BCUT2D eigenvalue weighted by atomic mass is 9.88. The zero-order valence-electron chi connectivity index (χ0n) is 15.5. The van der Waals surface area contributed by atoms with E-state index in [9.17, 15) is 9.18 Å². The Hall–Kier alpha value is -3.47. The number of carbonyl (C=O) groups is 1. The number of hydrogen-bond acceptors (Lipinski definition) is 2. The first-order chi connectivity index (χ1) is 13.7. The fraction of sp³-hybridized carbons (Fsp3) is 0.130. The van der Waals surface area contributed by atoms with E-state index in [1.807, 2.05) is 42.5 Å². The van der Waals surface area contributed by atoms with Crippen LogP contribution in [0, 0.1) is 5.82 Å². The molecule has 1 unspecified atom stereocenters. The van der Waals surface area contributed by atoms with Crippen LogP contribution < -0.4 is 5.32 Å². The molecule has 0 saturated carbocycles. The van der Waals surface area contributed by atoms with Crippen LogP contribution in [-0.4, -0.2) is 22.7 Å². The summed E-state index contributed by atoms with van der Waals surface area (Å²) < 4.78 is 15.0. The number of hydrogen-bond donors (Lipinski definition) is 1. The van der Waals surface area contributed by atoms with Crippen LogP contribution in [0.5, 0.6) is 0 Å². The van der Waals surface area contributed by atoms with Gasteiger partial charge in [-0.3, -0.25) is 4.79 Å². The summed E-state index contributed by atoms with van der Waals surface area (Å²) in [5.41, 5.74) is 3.88. The Morgan fingerprint density at radius 1 is 1.04 bits per heavy atom. The molecule has 4 nitrogen and oxygen atoms in total. The third-order valence-corrected chi connectivity index (χ3v) is 4.94. The van der Waals surface area contributed by atoms with Gasteiger partial charge in [-0.1, -0.05) is 36.4 Å². The Bertz CT molecular complexity index is 1100. The van der Waals surface area contributed by atoms with Gasteiger partial charge < -0.3 is 5.32 Å². The molecule has 1 amide bonds. The van der Waals surface area contributed by atoms with E-state index in [1.54, 1.807) is 30.1 Å². The second-order valence-corrected chi connectivity index (χ2v) is 6.69. The minimum Gasteiger partial charge on any atom is -0.359 e. The fourth-order valence-corrected chi connectivity index (χ4v) is 3.46. The summed E-state index contributed by atoms with van der Waals surface area (Å²) in [6.45, 7) is 0. The molecule has 28 heavy (non-hydrogen) atoms. The summed E-state index contributed by atoms with van der Waals surface area (Å²) in [5.74, 6) is -0.321. The molecule has 0 fully saturated rings. The zero-order valence-corrected chi connectivity index (χ0v) is 15.5. The van der Waals surface area contributed by atoms with Crippen LogP contribution >= 0.6 is 0 Å². The van der Waals surface area contributed by atoms with E-state index in [0.717, 1.165) is 27.7 Å². The summed E-state index contributed by atoms with van der Waals surface area (Å²) in [7, 11) is 1.65. The largest absolute Gasteiger partial charge is 0.359 e. The quantitative estimate of drug-likeness (QED) is 0.562. The number of fused-ring (bicyclic) bond motifs is 1. The number of nitrogens with zero attached hydrogens (tertiary/aromatic N) is 2. The molecule has 5 heteroatoms. The molecule has 1 heterocycles. The van der Waals surface area contributed by atoms with E-state index in [-0.39, 0.29) is 17.6 Å². The van der Waals surface area contributed by atoms with Gasteiger partial charge in [-0.05, 0) is 47.5 Å². The van der Waals surface area contributed by atoms with Crippen molar-refractivity contribution in [1.29, 1.82) is 0 Å². The van der Waals surface area contributed by atoms with Crippen LogP contribution in [0.1, 0.15) is 23.5 Å². The number of nitrogens with one attached hydrogen (secondary N) is 1. The zero-order chi connectivity index (χ0) is 19.5. The lowest BCUT2D eigenvalue weighted by Gasteiger charge is -2.17. The number of carbonyl (C=O) groups excluding carboxylic acids is 1. The molecular formula is C23H20FN3O. The van der Waals surface area contributed by atoms with Gasteiger partial charge in [0.2, 0.25) is 5.91 Å². The number of amides is 1. The van der Waals surface area contributed by atoms with E-state index in [4.69, 9.17) is 0 Å². The first kappa shape index (κ1) is 17.9. The number of halogens is 1. The molecule has 3 aromatic carbocycles. The molecule has 0 spiro atoms.